The van der Waals surface area contributed by atoms with E-state index in [-0.39, 0.29) is 11.7 Å². The molecule has 1 aromatic heterocycles. The number of hydrogen-bond acceptors (Lipinski definition) is 7. The molecule has 9 nitrogen and oxygen atoms in total. The number of hydrogen-bond donors (Lipinski definition) is 4. The first-order valence-electron chi connectivity index (χ1n) is 3.83. The lowest BCUT2D eigenvalue weighted by Crippen LogP contribution is -2.34. The van der Waals surface area contributed by atoms with Gasteiger partial charge in [-0.15, -0.1) is 5.10 Å². The molecule has 0 fully saturated rings. The third-order valence-corrected chi connectivity index (χ3v) is 1.35. The van der Waals surface area contributed by atoms with Gasteiger partial charge in [-0.05, 0) is 0 Å². The molecule has 16 heavy (non-hydrogen) atoms. The zero-order chi connectivity index (χ0) is 12.1. The van der Waals surface area contributed by atoms with Gasteiger partial charge in [0.25, 0.3) is 5.95 Å². The van der Waals surface area contributed by atoms with Crippen molar-refractivity contribution < 1.29 is 14.0 Å². The summed E-state index contributed by atoms with van der Waals surface area (Å²) in [4.78, 5) is 22.1. The quantitative estimate of drug-likeness (QED) is 0.187. The molecule has 1 heterocycles. The van der Waals surface area contributed by atoms with Crippen molar-refractivity contribution in [3.05, 3.63) is 17.8 Å². The number of nitrogens with two attached hydrogens (primary N) is 3. The van der Waals surface area contributed by atoms with Gasteiger partial charge < -0.3 is 22.1 Å². The van der Waals surface area contributed by atoms with Gasteiger partial charge >= 0.3 is 5.97 Å². The van der Waals surface area contributed by atoms with Crippen molar-refractivity contribution >= 4 is 17.7 Å². The summed E-state index contributed by atoms with van der Waals surface area (Å²) in [5, 5.41) is 2.96. The van der Waals surface area contributed by atoms with Crippen LogP contribution < -0.4 is 22.8 Å². The normalized spacial score (nSPS) is 10.9. The van der Waals surface area contributed by atoms with Gasteiger partial charge in [-0.3, -0.25) is 0 Å². The first-order valence-corrected chi connectivity index (χ1v) is 3.83. The van der Waals surface area contributed by atoms with E-state index >= 15 is 0 Å². The number of hydrazone groups is 1. The molecular formula is C6H8FN7O2. The summed E-state index contributed by atoms with van der Waals surface area (Å²) in [6, 6.07) is 0. The van der Waals surface area contributed by atoms with E-state index in [9.17, 15) is 9.18 Å². The minimum absolute atomic E-state index is 0.336. The molecule has 0 radical (unpaired) electrons. The van der Waals surface area contributed by atoms with Crippen molar-refractivity contribution in [1.82, 2.24) is 15.4 Å². The molecule has 10 heteroatoms. The van der Waals surface area contributed by atoms with Crippen LogP contribution in [0.25, 0.3) is 0 Å². The van der Waals surface area contributed by atoms with Crippen LogP contribution in [0.4, 0.5) is 10.2 Å². The second-order valence-corrected chi connectivity index (χ2v) is 2.44. The first kappa shape index (κ1) is 11.4. The summed E-state index contributed by atoms with van der Waals surface area (Å²) < 4.78 is 12.8. The Morgan fingerprint density at radius 2 is 2.31 bits per heavy atom. The van der Waals surface area contributed by atoms with E-state index in [4.69, 9.17) is 17.3 Å². The van der Waals surface area contributed by atoms with E-state index in [0.717, 1.165) is 6.20 Å². The summed E-state index contributed by atoms with van der Waals surface area (Å²) in [5.74, 6) is 1.90. The highest BCUT2D eigenvalue weighted by Gasteiger charge is 2.13. The second-order valence-electron chi connectivity index (χ2n) is 2.44. The Morgan fingerprint density at radius 3 is 2.88 bits per heavy atom. The van der Waals surface area contributed by atoms with Crippen LogP contribution in [0.3, 0.4) is 0 Å². The van der Waals surface area contributed by atoms with Crippen LogP contribution in [-0.2, 0) is 4.84 Å². The van der Waals surface area contributed by atoms with Crippen LogP contribution in [-0.4, -0.2) is 21.9 Å². The Morgan fingerprint density at radius 1 is 1.62 bits per heavy atom. The zero-order valence-electron chi connectivity index (χ0n) is 7.85. The maximum absolute atomic E-state index is 12.8. The standard InChI is InChI=1S/C6H8FN7O2/c7-3-4(8)11-1-2(12-3)5(15)16-14-6(9)13-10/h1H,10H2,(H2,8,11)(H3,9,13,14). The number of nitrogens with one attached hydrogen (secondary N) is 1. The highest BCUT2D eigenvalue weighted by atomic mass is 19.1. The van der Waals surface area contributed by atoms with E-state index in [1.165, 1.54) is 0 Å². The summed E-state index contributed by atoms with van der Waals surface area (Å²) in [5.41, 5.74) is 11.6. The second kappa shape index (κ2) is 4.72. The SMILES string of the molecule is N/N=C(\N)NOC(=O)c1cnc(N)c(F)n1. The smallest absolute Gasteiger partial charge is 0.380 e. The van der Waals surface area contributed by atoms with Crippen LogP contribution in [0, 0.1) is 5.95 Å². The van der Waals surface area contributed by atoms with Gasteiger partial charge in [0.1, 0.15) is 0 Å². The molecule has 1 aromatic rings. The van der Waals surface area contributed by atoms with Crippen molar-refractivity contribution in [1.29, 1.82) is 0 Å². The predicted molar refractivity (Wildman–Crippen MR) is 50.8 cm³/mol. The Kier molecular flexibility index (Phi) is 3.37. The summed E-state index contributed by atoms with van der Waals surface area (Å²) in [6.07, 6.45) is 0.943. The molecular weight excluding hydrogens is 221 g/mol. The number of aromatic nitrogens is 2. The van der Waals surface area contributed by atoms with Crippen molar-refractivity contribution in [2.75, 3.05) is 5.73 Å². The van der Waals surface area contributed by atoms with Crippen molar-refractivity contribution in [2.24, 2.45) is 16.7 Å². The number of carbonyl (C=O) groups is 1. The van der Waals surface area contributed by atoms with Crippen LogP contribution in [0.15, 0.2) is 11.3 Å². The first-order chi connectivity index (χ1) is 7.54. The summed E-state index contributed by atoms with van der Waals surface area (Å²) >= 11 is 0. The zero-order valence-corrected chi connectivity index (χ0v) is 7.85. The molecule has 0 aliphatic rings. The third-order valence-electron chi connectivity index (χ3n) is 1.35. The van der Waals surface area contributed by atoms with Crippen LogP contribution in [0.5, 0.6) is 0 Å². The maximum Gasteiger partial charge on any atom is 0.382 e. The monoisotopic (exact) mass is 229 g/mol. The maximum atomic E-state index is 12.8. The number of hydroxylamine groups is 1. The van der Waals surface area contributed by atoms with Gasteiger partial charge in [0.15, 0.2) is 11.5 Å². The fourth-order valence-electron chi connectivity index (χ4n) is 0.651. The van der Waals surface area contributed by atoms with E-state index in [1.807, 2.05) is 5.48 Å². The predicted octanol–water partition coefficient (Wildman–Crippen LogP) is -1.95. The molecule has 0 aliphatic heterocycles. The highest BCUT2D eigenvalue weighted by Crippen LogP contribution is 2.03. The molecule has 86 valence electrons. The van der Waals surface area contributed by atoms with Gasteiger partial charge in [0.05, 0.1) is 6.20 Å². The van der Waals surface area contributed by atoms with Gasteiger partial charge in [0, 0.05) is 0 Å². The average Bonchev–Trinajstić information content (AvgIpc) is 2.29. The van der Waals surface area contributed by atoms with Gasteiger partial charge in [0.2, 0.25) is 5.96 Å². The molecule has 0 unspecified atom stereocenters. The average molecular weight is 229 g/mol. The Labute approximate surface area is 88.4 Å². The Balaban J connectivity index is 2.70. The number of rotatable bonds is 1. The molecule has 0 saturated heterocycles. The van der Waals surface area contributed by atoms with E-state index in [0.29, 0.717) is 0 Å². The molecule has 0 spiro atoms. The minimum atomic E-state index is -1.07. The number of nitrogen functional groups attached to an aromatic ring is 1. The number of anilines is 1. The van der Waals surface area contributed by atoms with Crippen LogP contribution >= 0.6 is 0 Å². The topological polar surface area (TPSA) is 155 Å². The molecule has 0 saturated carbocycles. The van der Waals surface area contributed by atoms with Crippen molar-refractivity contribution in [3.8, 4) is 0 Å². The highest BCUT2D eigenvalue weighted by molar-refractivity contribution is 5.88. The summed E-state index contributed by atoms with van der Waals surface area (Å²) in [6.45, 7) is 0. The molecule has 0 aromatic carbocycles. The van der Waals surface area contributed by atoms with E-state index < -0.39 is 17.7 Å². The fraction of sp³-hybridized carbons (Fsp3) is 0. The van der Waals surface area contributed by atoms with Crippen molar-refractivity contribution in [3.63, 3.8) is 0 Å². The van der Waals surface area contributed by atoms with Crippen LogP contribution in [0.2, 0.25) is 0 Å². The number of carbonyl (C=O) groups excluding carboxylic acids is 1. The van der Waals surface area contributed by atoms with Gasteiger partial charge in [-0.25, -0.2) is 14.8 Å². The lowest BCUT2D eigenvalue weighted by Gasteiger charge is -2.04. The minimum Gasteiger partial charge on any atom is -0.380 e. The number of halogens is 1. The lowest BCUT2D eigenvalue weighted by molar-refractivity contribution is 0.0374. The number of guanidine groups is 1. The summed E-state index contributed by atoms with van der Waals surface area (Å²) in [7, 11) is 0. The third kappa shape index (κ3) is 2.67. The molecule has 0 aliphatic carbocycles. The molecule has 7 N–H and O–H groups in total. The largest absolute Gasteiger partial charge is 0.382 e. The Bertz CT molecular complexity index is 435. The lowest BCUT2D eigenvalue weighted by atomic mass is 10.4. The van der Waals surface area contributed by atoms with Gasteiger partial charge in [-0.2, -0.15) is 9.87 Å². The van der Waals surface area contributed by atoms with E-state index in [1.54, 1.807) is 0 Å². The molecule has 0 amide bonds. The van der Waals surface area contributed by atoms with Gasteiger partial charge in [-0.1, -0.05) is 0 Å². The fourth-order valence-corrected chi connectivity index (χ4v) is 0.651. The number of nitrogens with zero attached hydrogens (tertiary/aromatic N) is 3. The van der Waals surface area contributed by atoms with Crippen LogP contribution in [0.1, 0.15) is 10.5 Å². The molecule has 0 bridgehead atoms. The van der Waals surface area contributed by atoms with E-state index in [2.05, 4.69) is 19.9 Å². The molecule has 0 atom stereocenters. The Hall–Kier alpha value is -2.65. The van der Waals surface area contributed by atoms with Crippen molar-refractivity contribution in [2.45, 2.75) is 0 Å². The molecule has 1 rings (SSSR count).